The van der Waals surface area contributed by atoms with Gasteiger partial charge in [0, 0.05) is 6.04 Å². The van der Waals surface area contributed by atoms with Gasteiger partial charge in [0.15, 0.2) is 0 Å². The molecule has 0 heterocycles. The van der Waals surface area contributed by atoms with E-state index in [0.717, 1.165) is 17.8 Å². The van der Waals surface area contributed by atoms with E-state index in [0.29, 0.717) is 6.04 Å². The van der Waals surface area contributed by atoms with E-state index in [-0.39, 0.29) is 0 Å². The molecule has 0 aromatic carbocycles. The fourth-order valence-corrected chi connectivity index (χ4v) is 2.26. The molecule has 1 saturated carbocycles. The summed E-state index contributed by atoms with van der Waals surface area (Å²) in [6, 6.07) is 0.493. The Morgan fingerprint density at radius 3 is 2.36 bits per heavy atom. The van der Waals surface area contributed by atoms with Gasteiger partial charge in [-0.3, -0.25) is 0 Å². The molecule has 1 unspecified atom stereocenters. The van der Waals surface area contributed by atoms with Crippen LogP contribution in [0.25, 0.3) is 0 Å². The normalized spacial score (nSPS) is 38.5. The van der Waals surface area contributed by atoms with E-state index in [1.807, 2.05) is 0 Å². The lowest BCUT2D eigenvalue weighted by molar-refractivity contribution is 0.317. The summed E-state index contributed by atoms with van der Waals surface area (Å²) in [7, 11) is 0. The van der Waals surface area contributed by atoms with Crippen molar-refractivity contribution in [3.63, 3.8) is 0 Å². The maximum Gasteiger partial charge on any atom is 0.00699 e. The Labute approximate surface area is 70.4 Å². The minimum atomic E-state index is 0.493. The minimum Gasteiger partial charge on any atom is -0.327 e. The van der Waals surface area contributed by atoms with Gasteiger partial charge < -0.3 is 5.73 Å². The fraction of sp³-hybridized carbons (Fsp3) is 1.00. The predicted molar refractivity (Wildman–Crippen MR) is 49.3 cm³/mol. The summed E-state index contributed by atoms with van der Waals surface area (Å²) >= 11 is 0. The van der Waals surface area contributed by atoms with Crippen molar-refractivity contribution < 1.29 is 0 Å². The van der Waals surface area contributed by atoms with Gasteiger partial charge in [0.25, 0.3) is 0 Å². The van der Waals surface area contributed by atoms with Crippen molar-refractivity contribution in [1.29, 1.82) is 0 Å². The van der Waals surface area contributed by atoms with Crippen LogP contribution in [0.15, 0.2) is 0 Å². The van der Waals surface area contributed by atoms with Crippen LogP contribution in [0.3, 0.4) is 0 Å². The van der Waals surface area contributed by atoms with Crippen LogP contribution in [0.2, 0.25) is 0 Å². The van der Waals surface area contributed by atoms with Gasteiger partial charge in [-0.15, -0.1) is 0 Å². The molecule has 66 valence electrons. The highest BCUT2D eigenvalue weighted by Gasteiger charge is 2.30. The molecular weight excluding hydrogens is 134 g/mol. The Hall–Kier alpha value is -0.0400. The quantitative estimate of drug-likeness (QED) is 0.651. The molecule has 1 heteroatoms. The zero-order valence-corrected chi connectivity index (χ0v) is 8.01. The van der Waals surface area contributed by atoms with E-state index in [1.165, 1.54) is 19.3 Å². The van der Waals surface area contributed by atoms with Crippen LogP contribution in [0.1, 0.15) is 40.0 Å². The Kier molecular flexibility index (Phi) is 2.94. The van der Waals surface area contributed by atoms with Gasteiger partial charge in [-0.2, -0.15) is 0 Å². The second-order valence-electron chi connectivity index (χ2n) is 4.51. The molecule has 0 spiro atoms. The van der Waals surface area contributed by atoms with Crippen LogP contribution in [-0.4, -0.2) is 6.04 Å². The molecule has 1 nitrogen and oxygen atoms in total. The number of hydrogen-bond acceptors (Lipinski definition) is 1. The van der Waals surface area contributed by atoms with Crippen LogP contribution in [0.4, 0.5) is 0 Å². The Balaban J connectivity index is 2.41. The average molecular weight is 155 g/mol. The first-order chi connectivity index (χ1) is 5.11. The smallest absolute Gasteiger partial charge is 0.00699 e. The largest absolute Gasteiger partial charge is 0.327 e. The molecular formula is C10H21N. The van der Waals surface area contributed by atoms with Gasteiger partial charge in [-0.25, -0.2) is 0 Å². The van der Waals surface area contributed by atoms with Gasteiger partial charge in [-0.05, 0) is 37.0 Å². The molecule has 1 aliphatic rings. The van der Waals surface area contributed by atoms with Crippen molar-refractivity contribution in [2.75, 3.05) is 0 Å². The number of hydrogen-bond donors (Lipinski definition) is 1. The minimum absolute atomic E-state index is 0.493. The maximum atomic E-state index is 6.02. The van der Waals surface area contributed by atoms with E-state index in [4.69, 9.17) is 5.73 Å². The van der Waals surface area contributed by atoms with E-state index in [9.17, 15) is 0 Å². The van der Waals surface area contributed by atoms with Crippen molar-refractivity contribution in [1.82, 2.24) is 0 Å². The van der Waals surface area contributed by atoms with Gasteiger partial charge in [0.05, 0.1) is 0 Å². The van der Waals surface area contributed by atoms with Crippen molar-refractivity contribution in [3.8, 4) is 0 Å². The Morgan fingerprint density at radius 1 is 1.36 bits per heavy atom. The Bertz CT molecular complexity index is 110. The molecule has 1 aliphatic carbocycles. The van der Waals surface area contributed by atoms with Gasteiger partial charge >= 0.3 is 0 Å². The van der Waals surface area contributed by atoms with Gasteiger partial charge in [0.2, 0.25) is 0 Å². The topological polar surface area (TPSA) is 26.0 Å². The molecule has 1 rings (SSSR count). The monoisotopic (exact) mass is 155 g/mol. The molecule has 0 bridgehead atoms. The first-order valence-electron chi connectivity index (χ1n) is 4.87. The second-order valence-corrected chi connectivity index (χ2v) is 4.51. The summed E-state index contributed by atoms with van der Waals surface area (Å²) < 4.78 is 0. The van der Waals surface area contributed by atoms with Crippen LogP contribution in [0, 0.1) is 17.8 Å². The van der Waals surface area contributed by atoms with E-state index in [1.54, 1.807) is 0 Å². The predicted octanol–water partition coefficient (Wildman–Crippen LogP) is 2.41. The van der Waals surface area contributed by atoms with Crippen LogP contribution >= 0.6 is 0 Å². The summed E-state index contributed by atoms with van der Waals surface area (Å²) in [5, 5.41) is 0. The lowest BCUT2D eigenvalue weighted by atomic mass is 9.87. The van der Waals surface area contributed by atoms with Crippen molar-refractivity contribution in [2.24, 2.45) is 23.5 Å². The first kappa shape index (κ1) is 9.05. The van der Waals surface area contributed by atoms with Crippen LogP contribution < -0.4 is 5.73 Å². The van der Waals surface area contributed by atoms with E-state index < -0.39 is 0 Å². The number of rotatable bonds is 2. The second kappa shape index (κ2) is 3.57. The highest BCUT2D eigenvalue weighted by molar-refractivity contribution is 4.85. The lowest BCUT2D eigenvalue weighted by Gasteiger charge is -2.21. The summed E-state index contributed by atoms with van der Waals surface area (Å²) in [6.45, 7) is 6.93. The summed E-state index contributed by atoms with van der Waals surface area (Å²) in [5.74, 6) is 2.48. The fourth-order valence-electron chi connectivity index (χ4n) is 2.26. The molecule has 0 aliphatic heterocycles. The van der Waals surface area contributed by atoms with Crippen LogP contribution in [-0.2, 0) is 0 Å². The van der Waals surface area contributed by atoms with Crippen molar-refractivity contribution in [2.45, 2.75) is 46.1 Å². The van der Waals surface area contributed by atoms with E-state index >= 15 is 0 Å². The zero-order chi connectivity index (χ0) is 8.43. The van der Waals surface area contributed by atoms with Crippen molar-refractivity contribution >= 4 is 0 Å². The highest BCUT2D eigenvalue weighted by atomic mass is 14.7. The SMILES string of the molecule is CC(C)CC1[C@H](N)CC[C@@H]1C. The molecule has 1 fully saturated rings. The average Bonchev–Trinajstić information content (AvgIpc) is 2.18. The molecule has 0 aromatic rings. The summed E-state index contributed by atoms with van der Waals surface area (Å²) in [5.41, 5.74) is 6.02. The molecule has 11 heavy (non-hydrogen) atoms. The molecule has 2 N–H and O–H groups in total. The lowest BCUT2D eigenvalue weighted by Crippen LogP contribution is -2.28. The third kappa shape index (κ3) is 2.19. The number of nitrogens with two attached hydrogens (primary N) is 1. The van der Waals surface area contributed by atoms with Crippen LogP contribution in [0.5, 0.6) is 0 Å². The standard InChI is InChI=1S/C10H21N/c1-7(2)6-9-8(3)4-5-10(9)11/h7-10H,4-6,11H2,1-3H3/t8-,9?,10+/m0/s1. The first-order valence-corrected chi connectivity index (χ1v) is 4.87. The summed E-state index contributed by atoms with van der Waals surface area (Å²) in [4.78, 5) is 0. The maximum absolute atomic E-state index is 6.02. The zero-order valence-electron chi connectivity index (χ0n) is 8.01. The third-order valence-corrected chi connectivity index (χ3v) is 2.98. The van der Waals surface area contributed by atoms with E-state index in [2.05, 4.69) is 20.8 Å². The molecule has 0 aromatic heterocycles. The highest BCUT2D eigenvalue weighted by Crippen LogP contribution is 2.34. The molecule has 0 saturated heterocycles. The van der Waals surface area contributed by atoms with Crippen molar-refractivity contribution in [3.05, 3.63) is 0 Å². The molecule has 0 radical (unpaired) electrons. The van der Waals surface area contributed by atoms with Gasteiger partial charge in [-0.1, -0.05) is 20.8 Å². The molecule has 0 amide bonds. The third-order valence-electron chi connectivity index (χ3n) is 2.98. The molecule has 3 atom stereocenters. The summed E-state index contributed by atoms with van der Waals surface area (Å²) in [6.07, 6.45) is 3.92. The van der Waals surface area contributed by atoms with Gasteiger partial charge in [0.1, 0.15) is 0 Å². The Morgan fingerprint density at radius 2 is 2.00 bits per heavy atom.